The lowest BCUT2D eigenvalue weighted by molar-refractivity contribution is -0.144. The Morgan fingerprint density at radius 2 is 2.50 bits per heavy atom. The Kier molecular flexibility index (Phi) is 4.90. The number of nitrogens with two attached hydrogens (primary N) is 1. The minimum Gasteiger partial charge on any atom is -0.466 e. The molecule has 0 radical (unpaired) electrons. The van der Waals surface area contributed by atoms with Crippen molar-refractivity contribution in [2.24, 2.45) is 11.7 Å². The maximum atomic E-state index is 11.2. The van der Waals surface area contributed by atoms with Crippen LogP contribution in [0.5, 0.6) is 0 Å². The SMILES string of the molecule is CCOC(=O)C[C@@H](N)C1CCCOC1. The first-order chi connectivity index (χ1) is 6.74. The number of rotatable bonds is 4. The molecule has 14 heavy (non-hydrogen) atoms. The summed E-state index contributed by atoms with van der Waals surface area (Å²) in [5, 5.41) is 0. The molecule has 1 unspecified atom stereocenters. The number of hydrogen-bond acceptors (Lipinski definition) is 4. The van der Waals surface area contributed by atoms with Gasteiger partial charge < -0.3 is 15.2 Å². The first-order valence-electron chi connectivity index (χ1n) is 5.23. The molecule has 0 aromatic rings. The highest BCUT2D eigenvalue weighted by molar-refractivity contribution is 5.70. The van der Waals surface area contributed by atoms with Crippen LogP contribution in [0.4, 0.5) is 0 Å². The Morgan fingerprint density at radius 3 is 3.07 bits per heavy atom. The van der Waals surface area contributed by atoms with Crippen molar-refractivity contribution in [2.75, 3.05) is 19.8 Å². The minimum absolute atomic E-state index is 0.116. The molecular formula is C10H19NO3. The smallest absolute Gasteiger partial charge is 0.307 e. The van der Waals surface area contributed by atoms with E-state index in [-0.39, 0.29) is 12.0 Å². The molecule has 1 heterocycles. The summed E-state index contributed by atoms with van der Waals surface area (Å²) in [5.74, 6) is 0.110. The van der Waals surface area contributed by atoms with Gasteiger partial charge in [0.2, 0.25) is 0 Å². The zero-order valence-electron chi connectivity index (χ0n) is 8.70. The van der Waals surface area contributed by atoms with Crippen molar-refractivity contribution in [1.29, 1.82) is 0 Å². The molecule has 0 aromatic heterocycles. The Bertz CT molecular complexity index is 178. The fraction of sp³-hybridized carbons (Fsp3) is 0.900. The number of carbonyl (C=O) groups is 1. The van der Waals surface area contributed by atoms with Crippen LogP contribution in [-0.4, -0.2) is 31.8 Å². The minimum atomic E-state index is -0.203. The number of ether oxygens (including phenoxy) is 2. The van der Waals surface area contributed by atoms with Crippen LogP contribution in [0.2, 0.25) is 0 Å². The molecular weight excluding hydrogens is 182 g/mol. The second kappa shape index (κ2) is 5.98. The van der Waals surface area contributed by atoms with Gasteiger partial charge in [-0.15, -0.1) is 0 Å². The van der Waals surface area contributed by atoms with E-state index >= 15 is 0 Å². The average Bonchev–Trinajstić information content (AvgIpc) is 2.19. The molecule has 0 saturated carbocycles. The van der Waals surface area contributed by atoms with E-state index < -0.39 is 0 Å². The molecule has 0 amide bonds. The van der Waals surface area contributed by atoms with Crippen LogP contribution in [0.3, 0.4) is 0 Å². The number of esters is 1. The molecule has 82 valence electrons. The van der Waals surface area contributed by atoms with Crippen molar-refractivity contribution in [1.82, 2.24) is 0 Å². The summed E-state index contributed by atoms with van der Waals surface area (Å²) in [6, 6.07) is -0.116. The summed E-state index contributed by atoms with van der Waals surface area (Å²) in [6.07, 6.45) is 2.41. The molecule has 1 aliphatic heterocycles. The van der Waals surface area contributed by atoms with E-state index in [2.05, 4.69) is 0 Å². The third-order valence-corrected chi connectivity index (χ3v) is 2.51. The zero-order chi connectivity index (χ0) is 10.4. The third-order valence-electron chi connectivity index (χ3n) is 2.51. The zero-order valence-corrected chi connectivity index (χ0v) is 8.70. The summed E-state index contributed by atoms with van der Waals surface area (Å²) >= 11 is 0. The molecule has 4 heteroatoms. The van der Waals surface area contributed by atoms with E-state index in [1.54, 1.807) is 6.92 Å². The lowest BCUT2D eigenvalue weighted by Crippen LogP contribution is -2.37. The molecule has 0 bridgehead atoms. The van der Waals surface area contributed by atoms with Gasteiger partial charge in [-0.05, 0) is 25.7 Å². The molecule has 1 fully saturated rings. The highest BCUT2D eigenvalue weighted by atomic mass is 16.5. The van der Waals surface area contributed by atoms with Gasteiger partial charge in [-0.1, -0.05) is 0 Å². The first-order valence-corrected chi connectivity index (χ1v) is 5.23. The number of hydrogen-bond donors (Lipinski definition) is 1. The molecule has 0 aliphatic carbocycles. The topological polar surface area (TPSA) is 61.5 Å². The van der Waals surface area contributed by atoms with E-state index in [0.29, 0.717) is 25.6 Å². The van der Waals surface area contributed by atoms with E-state index in [1.165, 1.54) is 0 Å². The predicted molar refractivity (Wildman–Crippen MR) is 52.8 cm³/mol. The summed E-state index contributed by atoms with van der Waals surface area (Å²) in [7, 11) is 0. The Morgan fingerprint density at radius 1 is 1.71 bits per heavy atom. The van der Waals surface area contributed by atoms with Crippen molar-refractivity contribution in [3.05, 3.63) is 0 Å². The van der Waals surface area contributed by atoms with Crippen molar-refractivity contribution in [2.45, 2.75) is 32.2 Å². The van der Waals surface area contributed by atoms with Gasteiger partial charge >= 0.3 is 5.97 Å². The summed E-state index contributed by atoms with van der Waals surface area (Å²) in [4.78, 5) is 11.2. The molecule has 0 spiro atoms. The van der Waals surface area contributed by atoms with Crippen LogP contribution in [-0.2, 0) is 14.3 Å². The van der Waals surface area contributed by atoms with Gasteiger partial charge in [0, 0.05) is 12.6 Å². The highest BCUT2D eigenvalue weighted by Gasteiger charge is 2.23. The van der Waals surface area contributed by atoms with Crippen LogP contribution < -0.4 is 5.73 Å². The largest absolute Gasteiger partial charge is 0.466 e. The lowest BCUT2D eigenvalue weighted by atomic mass is 9.92. The van der Waals surface area contributed by atoms with Gasteiger partial charge in [0.25, 0.3) is 0 Å². The van der Waals surface area contributed by atoms with Gasteiger partial charge in [0.05, 0.1) is 19.6 Å². The van der Waals surface area contributed by atoms with E-state index in [1.807, 2.05) is 0 Å². The van der Waals surface area contributed by atoms with Gasteiger partial charge in [0.1, 0.15) is 0 Å². The second-order valence-corrected chi connectivity index (χ2v) is 3.65. The van der Waals surface area contributed by atoms with Gasteiger partial charge in [0.15, 0.2) is 0 Å². The summed E-state index contributed by atoms with van der Waals surface area (Å²) < 4.78 is 10.2. The third kappa shape index (κ3) is 3.64. The lowest BCUT2D eigenvalue weighted by Gasteiger charge is -2.26. The second-order valence-electron chi connectivity index (χ2n) is 3.65. The molecule has 2 N–H and O–H groups in total. The average molecular weight is 201 g/mol. The molecule has 1 rings (SSSR count). The van der Waals surface area contributed by atoms with E-state index in [9.17, 15) is 4.79 Å². The predicted octanol–water partition coefficient (Wildman–Crippen LogP) is 0.694. The normalized spacial score (nSPS) is 24.3. The maximum absolute atomic E-state index is 11.2. The van der Waals surface area contributed by atoms with Crippen LogP contribution in [0, 0.1) is 5.92 Å². The first kappa shape index (κ1) is 11.5. The summed E-state index contributed by atoms with van der Waals surface area (Å²) in [6.45, 7) is 3.73. The standard InChI is InChI=1S/C10H19NO3/c1-2-14-10(12)6-9(11)8-4-3-5-13-7-8/h8-9H,2-7,11H2,1H3/t8?,9-/m1/s1. The van der Waals surface area contributed by atoms with Crippen molar-refractivity contribution < 1.29 is 14.3 Å². The molecule has 1 aliphatic rings. The summed E-state index contributed by atoms with van der Waals surface area (Å²) in [5.41, 5.74) is 5.90. The van der Waals surface area contributed by atoms with E-state index in [0.717, 1.165) is 19.4 Å². The van der Waals surface area contributed by atoms with E-state index in [4.69, 9.17) is 15.2 Å². The van der Waals surface area contributed by atoms with Crippen molar-refractivity contribution in [3.8, 4) is 0 Å². The van der Waals surface area contributed by atoms with Crippen molar-refractivity contribution in [3.63, 3.8) is 0 Å². The fourth-order valence-corrected chi connectivity index (χ4v) is 1.68. The van der Waals surface area contributed by atoms with Gasteiger partial charge in [-0.3, -0.25) is 4.79 Å². The molecule has 2 atom stereocenters. The Balaban J connectivity index is 2.25. The quantitative estimate of drug-likeness (QED) is 0.680. The molecule has 1 saturated heterocycles. The highest BCUT2D eigenvalue weighted by Crippen LogP contribution is 2.18. The van der Waals surface area contributed by atoms with Crippen LogP contribution in [0.25, 0.3) is 0 Å². The van der Waals surface area contributed by atoms with Crippen molar-refractivity contribution >= 4 is 5.97 Å². The number of carbonyl (C=O) groups excluding carboxylic acids is 1. The molecule has 4 nitrogen and oxygen atoms in total. The molecule has 0 aromatic carbocycles. The van der Waals surface area contributed by atoms with Gasteiger partial charge in [-0.25, -0.2) is 0 Å². The Labute approximate surface area is 84.7 Å². The van der Waals surface area contributed by atoms with Crippen LogP contribution in [0.1, 0.15) is 26.2 Å². The monoisotopic (exact) mass is 201 g/mol. The fourth-order valence-electron chi connectivity index (χ4n) is 1.68. The van der Waals surface area contributed by atoms with Gasteiger partial charge in [-0.2, -0.15) is 0 Å². The van der Waals surface area contributed by atoms with Crippen LogP contribution in [0.15, 0.2) is 0 Å². The van der Waals surface area contributed by atoms with Crippen LogP contribution >= 0.6 is 0 Å². The Hall–Kier alpha value is -0.610. The maximum Gasteiger partial charge on any atom is 0.307 e.